The molecule has 1 amide bonds. The summed E-state index contributed by atoms with van der Waals surface area (Å²) >= 11 is 0. The Morgan fingerprint density at radius 3 is 2.86 bits per heavy atom. The minimum Gasteiger partial charge on any atom is -0.384 e. The van der Waals surface area contributed by atoms with Crippen LogP contribution >= 0.6 is 0 Å². The highest BCUT2D eigenvalue weighted by molar-refractivity contribution is 5.94. The van der Waals surface area contributed by atoms with Crippen molar-refractivity contribution in [2.45, 2.75) is 32.7 Å². The lowest BCUT2D eigenvalue weighted by Crippen LogP contribution is -2.44. The lowest BCUT2D eigenvalue weighted by molar-refractivity contribution is 0.0588. The number of hydrogen-bond donors (Lipinski definition) is 1. The van der Waals surface area contributed by atoms with E-state index in [0.717, 1.165) is 19.4 Å². The Labute approximate surface area is 124 Å². The molecule has 4 heteroatoms. The first kappa shape index (κ1) is 15.5. The summed E-state index contributed by atoms with van der Waals surface area (Å²) in [6, 6.07) is 4.49. The first-order valence-corrected chi connectivity index (χ1v) is 7.23. The van der Waals surface area contributed by atoms with E-state index in [1.54, 1.807) is 6.07 Å². The lowest BCUT2D eigenvalue weighted by atomic mass is 9.93. The third-order valence-corrected chi connectivity index (χ3v) is 3.92. The number of benzene rings is 1. The molecule has 0 saturated carbocycles. The summed E-state index contributed by atoms with van der Waals surface area (Å²) in [6.45, 7) is 4.62. The number of nitrogens with zero attached hydrogens (tertiary/aromatic N) is 1. The largest absolute Gasteiger partial charge is 0.384 e. The molecule has 1 saturated heterocycles. The van der Waals surface area contributed by atoms with Crippen LogP contribution in [0.25, 0.3) is 0 Å². The van der Waals surface area contributed by atoms with Gasteiger partial charge in [-0.25, -0.2) is 4.39 Å². The van der Waals surface area contributed by atoms with E-state index in [1.165, 1.54) is 12.1 Å². The molecule has 112 valence electrons. The van der Waals surface area contributed by atoms with Crippen molar-refractivity contribution in [2.24, 2.45) is 5.92 Å². The molecule has 0 spiro atoms. The second kappa shape index (κ2) is 6.73. The summed E-state index contributed by atoms with van der Waals surface area (Å²) in [6.07, 6.45) is 1.97. The molecule has 1 N–H and O–H groups in total. The van der Waals surface area contributed by atoms with Crippen LogP contribution in [0.15, 0.2) is 18.2 Å². The van der Waals surface area contributed by atoms with Crippen LogP contribution in [0.1, 0.15) is 42.6 Å². The van der Waals surface area contributed by atoms with E-state index in [2.05, 4.69) is 18.8 Å². The Balaban J connectivity index is 2.18. The van der Waals surface area contributed by atoms with Crippen LogP contribution in [-0.2, 0) is 0 Å². The van der Waals surface area contributed by atoms with E-state index >= 15 is 0 Å². The number of rotatable bonds is 1. The van der Waals surface area contributed by atoms with Gasteiger partial charge in [-0.05, 0) is 43.9 Å². The van der Waals surface area contributed by atoms with E-state index in [-0.39, 0.29) is 24.1 Å². The summed E-state index contributed by atoms with van der Waals surface area (Å²) in [7, 11) is 0. The van der Waals surface area contributed by atoms with Gasteiger partial charge in [-0.2, -0.15) is 0 Å². The van der Waals surface area contributed by atoms with Crippen molar-refractivity contribution in [3.8, 4) is 11.8 Å². The van der Waals surface area contributed by atoms with E-state index in [4.69, 9.17) is 5.11 Å². The predicted octanol–water partition coefficient (Wildman–Crippen LogP) is 2.43. The second-order valence-corrected chi connectivity index (χ2v) is 5.63. The van der Waals surface area contributed by atoms with Crippen LogP contribution in [0.4, 0.5) is 4.39 Å². The molecule has 1 aromatic carbocycles. The molecule has 0 radical (unpaired) electrons. The molecular weight excluding hydrogens is 269 g/mol. The van der Waals surface area contributed by atoms with Gasteiger partial charge in [0.1, 0.15) is 12.4 Å². The molecule has 1 fully saturated rings. The van der Waals surface area contributed by atoms with Crippen molar-refractivity contribution in [3.05, 3.63) is 35.1 Å². The number of aliphatic hydroxyl groups is 1. The molecule has 1 heterocycles. The molecule has 0 aliphatic carbocycles. The lowest BCUT2D eigenvalue weighted by Gasteiger charge is -2.36. The fourth-order valence-corrected chi connectivity index (χ4v) is 2.76. The van der Waals surface area contributed by atoms with E-state index < -0.39 is 5.82 Å². The number of piperidine rings is 1. The molecule has 2 unspecified atom stereocenters. The summed E-state index contributed by atoms with van der Waals surface area (Å²) in [5, 5.41) is 8.63. The van der Waals surface area contributed by atoms with Gasteiger partial charge in [-0.1, -0.05) is 18.8 Å². The van der Waals surface area contributed by atoms with Gasteiger partial charge in [-0.15, -0.1) is 0 Å². The third-order valence-electron chi connectivity index (χ3n) is 3.92. The van der Waals surface area contributed by atoms with E-state index in [9.17, 15) is 9.18 Å². The van der Waals surface area contributed by atoms with Crippen molar-refractivity contribution >= 4 is 5.91 Å². The Morgan fingerprint density at radius 2 is 2.24 bits per heavy atom. The summed E-state index contributed by atoms with van der Waals surface area (Å²) in [4.78, 5) is 14.3. The molecular formula is C17H20FNO2. The minimum absolute atomic E-state index is 0.130. The zero-order valence-corrected chi connectivity index (χ0v) is 12.4. The maximum atomic E-state index is 13.9. The molecule has 1 aliphatic heterocycles. The van der Waals surface area contributed by atoms with Gasteiger partial charge in [-0.3, -0.25) is 4.79 Å². The standard InChI is InChI=1S/C17H20FNO2/c1-12-7-8-19(13(2)10-12)17(21)15-6-5-14(4-3-9-20)16(18)11-15/h5-6,11-13,20H,7-10H2,1-2H3. The highest BCUT2D eigenvalue weighted by atomic mass is 19.1. The van der Waals surface area contributed by atoms with Gasteiger partial charge in [0.25, 0.3) is 5.91 Å². The van der Waals surface area contributed by atoms with Gasteiger partial charge in [0.15, 0.2) is 0 Å². The fourth-order valence-electron chi connectivity index (χ4n) is 2.76. The number of amides is 1. The SMILES string of the molecule is CC1CCN(C(=O)c2ccc(C#CCO)c(F)c2)C(C)C1. The molecule has 3 nitrogen and oxygen atoms in total. The number of aliphatic hydroxyl groups excluding tert-OH is 1. The molecule has 2 rings (SSSR count). The Hall–Kier alpha value is -1.86. The van der Waals surface area contributed by atoms with Gasteiger partial charge in [0, 0.05) is 18.2 Å². The highest BCUT2D eigenvalue weighted by Crippen LogP contribution is 2.24. The maximum absolute atomic E-state index is 13.9. The first-order valence-electron chi connectivity index (χ1n) is 7.23. The molecule has 1 aliphatic rings. The number of likely N-dealkylation sites (tertiary alicyclic amines) is 1. The zero-order valence-electron chi connectivity index (χ0n) is 12.4. The van der Waals surface area contributed by atoms with Gasteiger partial charge in [0.2, 0.25) is 0 Å². The number of carbonyl (C=O) groups excluding carboxylic acids is 1. The molecule has 21 heavy (non-hydrogen) atoms. The number of hydrogen-bond acceptors (Lipinski definition) is 2. The van der Waals surface area contributed by atoms with Crippen LogP contribution in [0.3, 0.4) is 0 Å². The van der Waals surface area contributed by atoms with Crippen molar-refractivity contribution in [1.29, 1.82) is 0 Å². The summed E-state index contributed by atoms with van der Waals surface area (Å²) in [5.41, 5.74) is 0.546. The van der Waals surface area contributed by atoms with Crippen molar-refractivity contribution in [1.82, 2.24) is 4.90 Å². The Morgan fingerprint density at radius 1 is 1.48 bits per heavy atom. The number of carbonyl (C=O) groups is 1. The van der Waals surface area contributed by atoms with E-state index in [0.29, 0.717) is 11.5 Å². The second-order valence-electron chi connectivity index (χ2n) is 5.63. The summed E-state index contributed by atoms with van der Waals surface area (Å²) in [5.74, 6) is 4.89. The average Bonchev–Trinajstić information content (AvgIpc) is 2.45. The van der Waals surface area contributed by atoms with E-state index in [1.807, 2.05) is 11.8 Å². The summed E-state index contributed by atoms with van der Waals surface area (Å²) < 4.78 is 13.9. The normalized spacial score (nSPS) is 21.6. The van der Waals surface area contributed by atoms with Gasteiger partial charge >= 0.3 is 0 Å². The molecule has 1 aromatic rings. The van der Waals surface area contributed by atoms with Crippen LogP contribution in [0.5, 0.6) is 0 Å². The average molecular weight is 289 g/mol. The minimum atomic E-state index is -0.528. The van der Waals surface area contributed by atoms with Crippen LogP contribution in [0.2, 0.25) is 0 Å². The third kappa shape index (κ3) is 3.62. The fraction of sp³-hybridized carbons (Fsp3) is 0.471. The van der Waals surface area contributed by atoms with Gasteiger partial charge < -0.3 is 10.0 Å². The molecule has 0 bridgehead atoms. The van der Waals surface area contributed by atoms with Gasteiger partial charge in [0.05, 0.1) is 5.56 Å². The zero-order chi connectivity index (χ0) is 15.4. The molecule has 0 aromatic heterocycles. The smallest absolute Gasteiger partial charge is 0.254 e. The quantitative estimate of drug-likeness (QED) is 0.807. The monoisotopic (exact) mass is 289 g/mol. The molecule has 2 atom stereocenters. The van der Waals surface area contributed by atoms with Crippen LogP contribution < -0.4 is 0 Å². The predicted molar refractivity (Wildman–Crippen MR) is 79.3 cm³/mol. The Kier molecular flexibility index (Phi) is 4.98. The van der Waals surface area contributed by atoms with Crippen molar-refractivity contribution in [2.75, 3.05) is 13.2 Å². The van der Waals surface area contributed by atoms with Crippen LogP contribution in [0, 0.1) is 23.6 Å². The highest BCUT2D eigenvalue weighted by Gasteiger charge is 2.27. The van der Waals surface area contributed by atoms with Crippen molar-refractivity contribution in [3.63, 3.8) is 0 Å². The van der Waals surface area contributed by atoms with Crippen LogP contribution in [-0.4, -0.2) is 35.1 Å². The first-order chi connectivity index (χ1) is 10.0. The topological polar surface area (TPSA) is 40.5 Å². The van der Waals surface area contributed by atoms with Crippen molar-refractivity contribution < 1.29 is 14.3 Å². The Bertz CT molecular complexity index is 588. The number of halogens is 1. The maximum Gasteiger partial charge on any atom is 0.254 e.